The minimum atomic E-state index is -0.738. The summed E-state index contributed by atoms with van der Waals surface area (Å²) in [5, 5.41) is 14.9. The summed E-state index contributed by atoms with van der Waals surface area (Å²) in [6, 6.07) is 3.63. The fourth-order valence-electron chi connectivity index (χ4n) is 1.96. The molecule has 2 aromatic rings. The fourth-order valence-corrected chi connectivity index (χ4v) is 2.26. The van der Waals surface area contributed by atoms with Crippen molar-refractivity contribution < 1.29 is 5.11 Å². The Morgan fingerprint density at radius 1 is 1.56 bits per heavy atom. The van der Waals surface area contributed by atoms with Crippen molar-refractivity contribution in [3.8, 4) is 0 Å². The van der Waals surface area contributed by atoms with Crippen molar-refractivity contribution in [3.63, 3.8) is 0 Å². The molecule has 0 spiro atoms. The third-order valence-electron chi connectivity index (χ3n) is 2.87. The molecule has 0 aliphatic carbocycles. The van der Waals surface area contributed by atoms with Crippen LogP contribution in [-0.2, 0) is 13.5 Å². The first kappa shape index (κ1) is 12.9. The standard InChI is InChI=1S/C12H15ClN4O/c1-7-10(11(13)17(2)16-7)9(18)6-8-4-3-5-15-12(8)14/h3-5,9,18H,6H2,1-2H3,(H2,14,15). The number of rotatable bonds is 3. The second-order valence-electron chi connectivity index (χ2n) is 4.18. The van der Waals surface area contributed by atoms with E-state index in [-0.39, 0.29) is 0 Å². The van der Waals surface area contributed by atoms with Gasteiger partial charge in [0.1, 0.15) is 11.0 Å². The first-order valence-electron chi connectivity index (χ1n) is 5.57. The summed E-state index contributed by atoms with van der Waals surface area (Å²) in [6.45, 7) is 1.82. The molecule has 0 bridgehead atoms. The van der Waals surface area contributed by atoms with E-state index in [9.17, 15) is 5.11 Å². The van der Waals surface area contributed by atoms with E-state index in [0.29, 0.717) is 23.0 Å². The third-order valence-corrected chi connectivity index (χ3v) is 3.32. The van der Waals surface area contributed by atoms with Gasteiger partial charge in [0.15, 0.2) is 0 Å². The first-order valence-corrected chi connectivity index (χ1v) is 5.95. The highest BCUT2D eigenvalue weighted by Gasteiger charge is 2.20. The predicted octanol–water partition coefficient (Wildman–Crippen LogP) is 1.64. The molecule has 0 saturated heterocycles. The molecule has 0 saturated carbocycles. The van der Waals surface area contributed by atoms with Gasteiger partial charge in [-0.2, -0.15) is 5.10 Å². The average Bonchev–Trinajstić information content (AvgIpc) is 2.56. The molecule has 0 fully saturated rings. The van der Waals surface area contributed by atoms with Crippen LogP contribution in [0.25, 0.3) is 0 Å². The minimum absolute atomic E-state index is 0.367. The zero-order chi connectivity index (χ0) is 13.3. The van der Waals surface area contributed by atoms with Crippen molar-refractivity contribution in [3.05, 3.63) is 40.3 Å². The molecule has 1 unspecified atom stereocenters. The van der Waals surface area contributed by atoms with Gasteiger partial charge in [-0.1, -0.05) is 17.7 Å². The Labute approximate surface area is 110 Å². The highest BCUT2D eigenvalue weighted by Crippen LogP contribution is 2.29. The highest BCUT2D eigenvalue weighted by molar-refractivity contribution is 6.30. The number of halogens is 1. The zero-order valence-electron chi connectivity index (χ0n) is 10.3. The number of hydrogen-bond donors (Lipinski definition) is 2. The van der Waals surface area contributed by atoms with Crippen molar-refractivity contribution in [1.29, 1.82) is 0 Å². The molecule has 2 aromatic heterocycles. The van der Waals surface area contributed by atoms with Gasteiger partial charge in [-0.25, -0.2) is 4.98 Å². The average molecular weight is 267 g/mol. The van der Waals surface area contributed by atoms with E-state index in [2.05, 4.69) is 10.1 Å². The number of aliphatic hydroxyl groups excluding tert-OH is 1. The number of nitrogens with two attached hydrogens (primary N) is 1. The van der Waals surface area contributed by atoms with Crippen LogP contribution in [0.2, 0.25) is 5.15 Å². The maximum absolute atomic E-state index is 10.3. The van der Waals surface area contributed by atoms with Crippen LogP contribution in [0.5, 0.6) is 0 Å². The number of hydrogen-bond acceptors (Lipinski definition) is 4. The minimum Gasteiger partial charge on any atom is -0.388 e. The number of nitrogen functional groups attached to an aromatic ring is 1. The lowest BCUT2D eigenvalue weighted by Crippen LogP contribution is -2.06. The molecule has 18 heavy (non-hydrogen) atoms. The van der Waals surface area contributed by atoms with Crippen LogP contribution in [0.15, 0.2) is 18.3 Å². The summed E-state index contributed by atoms with van der Waals surface area (Å²) in [6.07, 6.45) is 1.25. The van der Waals surface area contributed by atoms with Gasteiger partial charge in [0.25, 0.3) is 0 Å². The highest BCUT2D eigenvalue weighted by atomic mass is 35.5. The summed E-state index contributed by atoms with van der Waals surface area (Å²) in [7, 11) is 1.74. The molecule has 2 heterocycles. The maximum Gasteiger partial charge on any atom is 0.132 e. The largest absolute Gasteiger partial charge is 0.388 e. The monoisotopic (exact) mass is 266 g/mol. The summed E-state index contributed by atoms with van der Waals surface area (Å²) in [5.74, 6) is 0.425. The van der Waals surface area contributed by atoms with Gasteiger partial charge < -0.3 is 10.8 Å². The normalized spacial score (nSPS) is 12.7. The lowest BCUT2D eigenvalue weighted by atomic mass is 10.0. The lowest BCUT2D eigenvalue weighted by Gasteiger charge is -2.11. The molecule has 6 heteroatoms. The van der Waals surface area contributed by atoms with Crippen LogP contribution in [0.4, 0.5) is 5.82 Å². The summed E-state index contributed by atoms with van der Waals surface area (Å²) < 4.78 is 1.54. The number of pyridine rings is 1. The Hall–Kier alpha value is -1.59. The SMILES string of the molecule is Cc1nn(C)c(Cl)c1C(O)Cc1cccnc1N. The number of anilines is 1. The van der Waals surface area contributed by atoms with Crippen LogP contribution >= 0.6 is 11.6 Å². The molecular formula is C12H15ClN4O. The van der Waals surface area contributed by atoms with E-state index in [0.717, 1.165) is 11.3 Å². The van der Waals surface area contributed by atoms with Crippen LogP contribution in [0, 0.1) is 6.92 Å². The molecular weight excluding hydrogens is 252 g/mol. The maximum atomic E-state index is 10.3. The molecule has 0 amide bonds. The van der Waals surface area contributed by atoms with E-state index in [1.807, 2.05) is 13.0 Å². The summed E-state index contributed by atoms with van der Waals surface area (Å²) in [5.41, 5.74) is 7.91. The first-order chi connectivity index (χ1) is 8.50. The van der Waals surface area contributed by atoms with Crippen molar-refractivity contribution >= 4 is 17.4 Å². The van der Waals surface area contributed by atoms with Crippen LogP contribution in [0.1, 0.15) is 22.9 Å². The van der Waals surface area contributed by atoms with E-state index >= 15 is 0 Å². The summed E-state index contributed by atoms with van der Waals surface area (Å²) >= 11 is 6.11. The van der Waals surface area contributed by atoms with Gasteiger partial charge in [0.2, 0.25) is 0 Å². The van der Waals surface area contributed by atoms with Crippen molar-refractivity contribution in [1.82, 2.24) is 14.8 Å². The van der Waals surface area contributed by atoms with Gasteiger partial charge in [0, 0.05) is 25.2 Å². The second-order valence-corrected chi connectivity index (χ2v) is 4.54. The Morgan fingerprint density at radius 2 is 2.28 bits per heavy atom. The van der Waals surface area contributed by atoms with E-state index in [1.165, 1.54) is 0 Å². The van der Waals surface area contributed by atoms with E-state index in [1.54, 1.807) is 24.0 Å². The van der Waals surface area contributed by atoms with Gasteiger partial charge in [-0.15, -0.1) is 0 Å². The molecule has 1 atom stereocenters. The van der Waals surface area contributed by atoms with E-state index in [4.69, 9.17) is 17.3 Å². The predicted molar refractivity (Wildman–Crippen MR) is 70.3 cm³/mol. The number of aryl methyl sites for hydroxylation is 2. The van der Waals surface area contributed by atoms with E-state index < -0.39 is 6.10 Å². The number of nitrogens with zero attached hydrogens (tertiary/aromatic N) is 3. The van der Waals surface area contributed by atoms with Gasteiger partial charge in [0.05, 0.1) is 11.8 Å². The fraction of sp³-hybridized carbons (Fsp3) is 0.333. The van der Waals surface area contributed by atoms with Gasteiger partial charge >= 0.3 is 0 Å². The molecule has 0 aliphatic heterocycles. The molecule has 5 nitrogen and oxygen atoms in total. The topological polar surface area (TPSA) is 77.0 Å². The second kappa shape index (κ2) is 4.96. The molecule has 0 radical (unpaired) electrons. The summed E-state index contributed by atoms with van der Waals surface area (Å²) in [4.78, 5) is 3.99. The van der Waals surface area contributed by atoms with Crippen LogP contribution < -0.4 is 5.73 Å². The molecule has 3 N–H and O–H groups in total. The van der Waals surface area contributed by atoms with Crippen molar-refractivity contribution in [2.24, 2.45) is 7.05 Å². The Morgan fingerprint density at radius 3 is 2.83 bits per heavy atom. The van der Waals surface area contributed by atoms with Crippen LogP contribution in [0.3, 0.4) is 0 Å². The quantitative estimate of drug-likeness (QED) is 0.885. The number of aliphatic hydroxyl groups is 1. The molecule has 2 rings (SSSR count). The van der Waals surface area contributed by atoms with Gasteiger partial charge in [-0.3, -0.25) is 4.68 Å². The van der Waals surface area contributed by atoms with Crippen molar-refractivity contribution in [2.75, 3.05) is 5.73 Å². The zero-order valence-corrected chi connectivity index (χ0v) is 11.0. The third kappa shape index (κ3) is 2.32. The van der Waals surface area contributed by atoms with Gasteiger partial charge in [-0.05, 0) is 18.6 Å². The Bertz CT molecular complexity index is 567. The smallest absolute Gasteiger partial charge is 0.132 e. The molecule has 0 aromatic carbocycles. The van der Waals surface area contributed by atoms with Crippen molar-refractivity contribution in [2.45, 2.75) is 19.4 Å². The number of aromatic nitrogens is 3. The Balaban J connectivity index is 2.28. The molecule has 0 aliphatic rings. The van der Waals surface area contributed by atoms with Crippen LogP contribution in [-0.4, -0.2) is 19.9 Å². The Kier molecular flexibility index (Phi) is 3.54. The lowest BCUT2D eigenvalue weighted by molar-refractivity contribution is 0.178. The molecule has 96 valence electrons.